The highest BCUT2D eigenvalue weighted by atomic mass is 16.5. The van der Waals surface area contributed by atoms with Crippen LogP contribution in [0.5, 0.6) is 11.5 Å². The van der Waals surface area contributed by atoms with Gasteiger partial charge in [-0.3, -0.25) is 4.90 Å². The molecule has 2 aliphatic rings. The van der Waals surface area contributed by atoms with E-state index in [1.165, 1.54) is 11.9 Å². The number of amides is 2. The lowest BCUT2D eigenvalue weighted by atomic mass is 9.90. The van der Waals surface area contributed by atoms with Gasteiger partial charge in [-0.1, -0.05) is 48.5 Å². The fourth-order valence-electron chi connectivity index (χ4n) is 8.17. The van der Waals surface area contributed by atoms with Crippen LogP contribution >= 0.6 is 0 Å². The number of para-hydroxylation sites is 1. The van der Waals surface area contributed by atoms with Gasteiger partial charge in [-0.05, 0) is 110 Å². The van der Waals surface area contributed by atoms with Crippen LogP contribution in [0.2, 0.25) is 0 Å². The number of aryl methyl sites for hydroxylation is 1. The van der Waals surface area contributed by atoms with Gasteiger partial charge in [-0.2, -0.15) is 5.10 Å². The third-order valence-electron chi connectivity index (χ3n) is 11.0. The van der Waals surface area contributed by atoms with Crippen molar-refractivity contribution in [3.8, 4) is 28.4 Å². The Kier molecular flexibility index (Phi) is 9.29. The van der Waals surface area contributed by atoms with E-state index in [0.717, 1.165) is 90.2 Å². The van der Waals surface area contributed by atoms with Crippen molar-refractivity contribution in [2.45, 2.75) is 44.6 Å². The largest absolute Gasteiger partial charge is 0.457 e. The summed E-state index contributed by atoms with van der Waals surface area (Å²) in [6.45, 7) is 5.18. The molecule has 3 aromatic heterocycles. The van der Waals surface area contributed by atoms with Gasteiger partial charge in [-0.15, -0.1) is 0 Å². The van der Waals surface area contributed by atoms with Gasteiger partial charge in [0.1, 0.15) is 35.2 Å². The minimum Gasteiger partial charge on any atom is -0.457 e. The molecule has 0 aliphatic carbocycles. The number of nitrogen functional groups attached to an aromatic ring is 1. The molecule has 9 rings (SSSR count). The Hall–Kier alpha value is -6.33. The molecule has 55 heavy (non-hydrogen) atoms. The lowest BCUT2D eigenvalue weighted by molar-refractivity contribution is 0.182. The van der Waals surface area contributed by atoms with Gasteiger partial charge in [0.25, 0.3) is 0 Å². The number of urea groups is 1. The van der Waals surface area contributed by atoms with Gasteiger partial charge in [0.2, 0.25) is 0 Å². The van der Waals surface area contributed by atoms with Crippen molar-refractivity contribution in [3.63, 3.8) is 0 Å². The van der Waals surface area contributed by atoms with Crippen molar-refractivity contribution in [2.75, 3.05) is 36.8 Å². The van der Waals surface area contributed by atoms with E-state index in [1.54, 1.807) is 0 Å². The zero-order valence-corrected chi connectivity index (χ0v) is 30.8. The summed E-state index contributed by atoms with van der Waals surface area (Å²) in [5.74, 6) is 2.81. The number of likely N-dealkylation sites (tertiary alicyclic amines) is 1. The van der Waals surface area contributed by atoms with Gasteiger partial charge in [0.05, 0.1) is 17.1 Å². The normalized spacial score (nSPS) is 17.4. The Bertz CT molecular complexity index is 2460. The Morgan fingerprint density at radius 3 is 2.47 bits per heavy atom. The van der Waals surface area contributed by atoms with Crippen LogP contribution in [0.15, 0.2) is 116 Å². The smallest absolute Gasteiger partial charge is 0.326 e. The first-order valence-corrected chi connectivity index (χ1v) is 19.1. The van der Waals surface area contributed by atoms with E-state index in [1.807, 2.05) is 81.3 Å². The Morgan fingerprint density at radius 1 is 0.855 bits per heavy atom. The highest BCUT2D eigenvalue weighted by Crippen LogP contribution is 2.36. The molecular weight excluding hydrogens is 687 g/mol. The number of nitrogens with one attached hydrogen (secondary N) is 1. The Balaban J connectivity index is 0.977. The maximum atomic E-state index is 14.7. The van der Waals surface area contributed by atoms with Gasteiger partial charge in [0.15, 0.2) is 5.65 Å². The molecule has 0 bridgehead atoms. The number of carbonyl (C=O) groups is 1. The second-order valence-corrected chi connectivity index (χ2v) is 14.5. The van der Waals surface area contributed by atoms with E-state index in [2.05, 4.69) is 64.7 Å². The van der Waals surface area contributed by atoms with Crippen LogP contribution in [0.4, 0.5) is 16.4 Å². The summed E-state index contributed by atoms with van der Waals surface area (Å²) in [7, 11) is 0. The number of nitrogens with two attached hydrogens (primary N) is 1. The van der Waals surface area contributed by atoms with Gasteiger partial charge >= 0.3 is 6.03 Å². The zero-order chi connectivity index (χ0) is 37.3. The van der Waals surface area contributed by atoms with E-state index in [9.17, 15) is 4.79 Å². The number of ether oxygens (including phenoxy) is 1. The molecule has 0 saturated carbocycles. The number of hydrogen-bond donors (Lipinski definition) is 2. The number of nitrogens with zero attached hydrogens (tertiary/aromatic N) is 7. The third-order valence-corrected chi connectivity index (χ3v) is 11.0. The standard InChI is InChI=1S/C44H43N9O2/c1-29-8-5-9-31-22-24-47-42(38(29)31)52(35-11-6-23-46-26-35)44(54)51-25-7-10-33(27-51)30-14-18-34(19-15-30)53-43-39(41(45)48-28-49-43)40(50-53)32-16-20-37(21-17-32)55-36-12-3-2-4-13-36/h2-5,8-9,12-22,24,28,33,35,46H,6-7,10-11,23,25-27H2,1H3,(H2,45,48,49)/t33-,35-/m1/s1. The molecule has 5 heterocycles. The van der Waals surface area contributed by atoms with Crippen molar-refractivity contribution in [2.24, 2.45) is 0 Å². The number of pyridine rings is 1. The van der Waals surface area contributed by atoms with Gasteiger partial charge < -0.3 is 20.7 Å². The van der Waals surface area contributed by atoms with Crippen LogP contribution in [0.25, 0.3) is 38.8 Å². The summed E-state index contributed by atoms with van der Waals surface area (Å²) in [5.41, 5.74) is 11.8. The second-order valence-electron chi connectivity index (χ2n) is 14.5. The van der Waals surface area contributed by atoms with Crippen molar-refractivity contribution in [1.82, 2.24) is 34.9 Å². The predicted molar refractivity (Wildman–Crippen MR) is 217 cm³/mol. The number of aromatic nitrogens is 5. The lowest BCUT2D eigenvalue weighted by Gasteiger charge is -2.40. The van der Waals surface area contributed by atoms with E-state index in [-0.39, 0.29) is 18.0 Å². The number of piperidine rings is 2. The van der Waals surface area contributed by atoms with E-state index >= 15 is 0 Å². The molecule has 276 valence electrons. The number of fused-ring (bicyclic) bond motifs is 2. The van der Waals surface area contributed by atoms with Crippen molar-refractivity contribution >= 4 is 39.5 Å². The monoisotopic (exact) mass is 729 g/mol. The van der Waals surface area contributed by atoms with Gasteiger partial charge in [-0.25, -0.2) is 24.4 Å². The van der Waals surface area contributed by atoms with Crippen molar-refractivity contribution < 1.29 is 9.53 Å². The first-order chi connectivity index (χ1) is 27.0. The average molecular weight is 730 g/mol. The van der Waals surface area contributed by atoms with Crippen LogP contribution in [0.1, 0.15) is 42.7 Å². The third kappa shape index (κ3) is 6.72. The van der Waals surface area contributed by atoms with Crippen LogP contribution in [0, 0.1) is 6.92 Å². The summed E-state index contributed by atoms with van der Waals surface area (Å²) < 4.78 is 7.84. The molecule has 0 unspecified atom stereocenters. The summed E-state index contributed by atoms with van der Waals surface area (Å²) in [4.78, 5) is 32.5. The number of hydrogen-bond acceptors (Lipinski definition) is 8. The molecule has 2 aliphatic heterocycles. The molecular formula is C44H43N9O2. The molecule has 2 fully saturated rings. The molecule has 7 aromatic rings. The fourth-order valence-corrected chi connectivity index (χ4v) is 8.17. The predicted octanol–water partition coefficient (Wildman–Crippen LogP) is 8.27. The van der Waals surface area contributed by atoms with E-state index in [0.29, 0.717) is 29.1 Å². The number of rotatable bonds is 7. The molecule has 2 atom stereocenters. The summed E-state index contributed by atoms with van der Waals surface area (Å²) in [6.07, 6.45) is 7.20. The van der Waals surface area contributed by atoms with E-state index in [4.69, 9.17) is 20.6 Å². The van der Waals surface area contributed by atoms with E-state index < -0.39 is 0 Å². The highest BCUT2D eigenvalue weighted by Gasteiger charge is 2.35. The molecule has 0 radical (unpaired) electrons. The maximum Gasteiger partial charge on any atom is 0.326 e. The number of benzene rings is 4. The fraction of sp³-hybridized carbons (Fsp3) is 0.250. The summed E-state index contributed by atoms with van der Waals surface area (Å²) in [5, 5.41) is 11.4. The topological polar surface area (TPSA) is 127 Å². The van der Waals surface area contributed by atoms with Crippen LogP contribution in [-0.2, 0) is 0 Å². The second kappa shape index (κ2) is 14.8. The molecule has 2 saturated heterocycles. The average Bonchev–Trinajstić information content (AvgIpc) is 3.63. The molecule has 4 aromatic carbocycles. The maximum absolute atomic E-state index is 14.7. The van der Waals surface area contributed by atoms with Crippen LogP contribution in [-0.4, -0.2) is 67.9 Å². The molecule has 2 amide bonds. The Labute approximate surface area is 319 Å². The molecule has 3 N–H and O–H groups in total. The minimum absolute atomic E-state index is 0.0331. The first kappa shape index (κ1) is 34.4. The highest BCUT2D eigenvalue weighted by molar-refractivity contribution is 6.03. The lowest BCUT2D eigenvalue weighted by Crippen LogP contribution is -2.55. The van der Waals surface area contributed by atoms with Gasteiger partial charge in [0, 0.05) is 42.7 Å². The molecule has 11 nitrogen and oxygen atoms in total. The number of anilines is 2. The number of carbonyl (C=O) groups excluding carboxylic acids is 1. The summed E-state index contributed by atoms with van der Waals surface area (Å²) in [6, 6.07) is 34.3. The minimum atomic E-state index is 0.0331. The first-order valence-electron chi connectivity index (χ1n) is 19.1. The summed E-state index contributed by atoms with van der Waals surface area (Å²) >= 11 is 0. The quantitative estimate of drug-likeness (QED) is 0.168. The van der Waals surface area contributed by atoms with Crippen LogP contribution in [0.3, 0.4) is 0 Å². The SMILES string of the molecule is Cc1cccc2ccnc(N(C(=O)N3CCC[C@@H](c4ccc(-n5nc(-c6ccc(Oc7ccccc7)cc6)c6c(N)ncnc65)cc4)C3)[C@@H]3CCCNC3)c12. The molecule has 11 heteroatoms. The Morgan fingerprint density at radius 2 is 1.67 bits per heavy atom. The van der Waals surface area contributed by atoms with Crippen molar-refractivity contribution in [3.05, 3.63) is 127 Å². The molecule has 0 spiro atoms. The van der Waals surface area contributed by atoms with Crippen molar-refractivity contribution in [1.29, 1.82) is 0 Å². The zero-order valence-electron chi connectivity index (χ0n) is 30.8. The van der Waals surface area contributed by atoms with Crippen LogP contribution < -0.4 is 20.7 Å².